The van der Waals surface area contributed by atoms with E-state index in [-0.39, 0.29) is 11.8 Å². The van der Waals surface area contributed by atoms with Gasteiger partial charge < -0.3 is 14.2 Å². The molecule has 0 bridgehead atoms. The quantitative estimate of drug-likeness (QED) is 0.620. The van der Waals surface area contributed by atoms with Gasteiger partial charge in [-0.15, -0.1) is 0 Å². The SMILES string of the molecule is CCOc1cccc(CN2CC(c3nc(-c4ccc(Cl)cc4)no3)CC2=O)c1. The van der Waals surface area contributed by atoms with Crippen LogP contribution in [0.5, 0.6) is 5.75 Å². The second-order valence-electron chi connectivity index (χ2n) is 6.72. The number of hydrogen-bond donors (Lipinski definition) is 0. The van der Waals surface area contributed by atoms with Crippen molar-refractivity contribution in [3.8, 4) is 17.1 Å². The number of carbonyl (C=O) groups excluding carboxylic acids is 1. The van der Waals surface area contributed by atoms with E-state index in [4.69, 9.17) is 20.9 Å². The molecular formula is C21H20ClN3O3. The van der Waals surface area contributed by atoms with Gasteiger partial charge in [0.25, 0.3) is 0 Å². The summed E-state index contributed by atoms with van der Waals surface area (Å²) >= 11 is 5.92. The molecule has 28 heavy (non-hydrogen) atoms. The average molecular weight is 398 g/mol. The largest absolute Gasteiger partial charge is 0.494 e. The zero-order valence-corrected chi connectivity index (χ0v) is 16.2. The third-order valence-corrected chi connectivity index (χ3v) is 4.94. The number of hydrogen-bond acceptors (Lipinski definition) is 5. The average Bonchev–Trinajstić information content (AvgIpc) is 3.31. The zero-order valence-electron chi connectivity index (χ0n) is 15.5. The molecule has 1 aliphatic heterocycles. The number of rotatable bonds is 6. The number of halogens is 1. The number of likely N-dealkylation sites (tertiary alicyclic amines) is 1. The molecule has 4 rings (SSSR count). The van der Waals surface area contributed by atoms with Crippen molar-refractivity contribution in [3.05, 3.63) is 65.0 Å². The second-order valence-corrected chi connectivity index (χ2v) is 7.16. The van der Waals surface area contributed by atoms with E-state index in [1.54, 1.807) is 12.1 Å². The van der Waals surface area contributed by atoms with Crippen molar-refractivity contribution in [2.75, 3.05) is 13.2 Å². The van der Waals surface area contributed by atoms with Gasteiger partial charge in [-0.2, -0.15) is 4.98 Å². The van der Waals surface area contributed by atoms with Crippen LogP contribution in [0.2, 0.25) is 5.02 Å². The number of amides is 1. The fraction of sp³-hybridized carbons (Fsp3) is 0.286. The van der Waals surface area contributed by atoms with E-state index < -0.39 is 0 Å². The molecule has 0 saturated carbocycles. The predicted molar refractivity (Wildman–Crippen MR) is 105 cm³/mol. The van der Waals surface area contributed by atoms with Crippen molar-refractivity contribution in [2.45, 2.75) is 25.8 Å². The minimum Gasteiger partial charge on any atom is -0.494 e. The Morgan fingerprint density at radius 1 is 1.25 bits per heavy atom. The lowest BCUT2D eigenvalue weighted by Gasteiger charge is -2.16. The van der Waals surface area contributed by atoms with Crippen LogP contribution in [0, 0.1) is 0 Å². The molecule has 1 amide bonds. The summed E-state index contributed by atoms with van der Waals surface area (Å²) < 4.78 is 11.0. The maximum atomic E-state index is 12.5. The van der Waals surface area contributed by atoms with E-state index in [1.165, 1.54) is 0 Å². The van der Waals surface area contributed by atoms with E-state index in [0.717, 1.165) is 16.9 Å². The number of ether oxygens (including phenoxy) is 1. The Labute approximate surface area is 168 Å². The first-order valence-electron chi connectivity index (χ1n) is 9.21. The Balaban J connectivity index is 1.45. The molecule has 2 aromatic carbocycles. The summed E-state index contributed by atoms with van der Waals surface area (Å²) in [6, 6.07) is 15.1. The smallest absolute Gasteiger partial charge is 0.232 e. The van der Waals surface area contributed by atoms with Gasteiger partial charge in [0.2, 0.25) is 17.6 Å². The fourth-order valence-electron chi connectivity index (χ4n) is 3.33. The molecule has 144 valence electrons. The van der Waals surface area contributed by atoms with Crippen molar-refractivity contribution in [1.29, 1.82) is 0 Å². The monoisotopic (exact) mass is 397 g/mol. The van der Waals surface area contributed by atoms with E-state index in [0.29, 0.717) is 42.9 Å². The summed E-state index contributed by atoms with van der Waals surface area (Å²) in [4.78, 5) is 18.8. The standard InChI is InChI=1S/C21H20ClN3O3/c1-2-27-18-5-3-4-14(10-18)12-25-13-16(11-19(25)26)21-23-20(24-28-21)15-6-8-17(22)9-7-15/h3-10,16H,2,11-13H2,1H3. The van der Waals surface area contributed by atoms with Gasteiger partial charge in [-0.3, -0.25) is 4.79 Å². The molecule has 1 unspecified atom stereocenters. The summed E-state index contributed by atoms with van der Waals surface area (Å²) in [6.07, 6.45) is 0.368. The third kappa shape index (κ3) is 4.02. The Morgan fingerprint density at radius 3 is 2.86 bits per heavy atom. The number of aromatic nitrogens is 2. The van der Waals surface area contributed by atoms with E-state index in [1.807, 2.05) is 48.2 Å². The summed E-state index contributed by atoms with van der Waals surface area (Å²) in [6.45, 7) is 3.65. The first kappa shape index (κ1) is 18.5. The van der Waals surface area contributed by atoms with Crippen LogP contribution in [0.1, 0.15) is 30.7 Å². The first-order chi connectivity index (χ1) is 13.6. The summed E-state index contributed by atoms with van der Waals surface area (Å²) in [5, 5.41) is 4.70. The predicted octanol–water partition coefficient (Wildman–Crippen LogP) is 4.30. The third-order valence-electron chi connectivity index (χ3n) is 4.69. The highest BCUT2D eigenvalue weighted by atomic mass is 35.5. The van der Waals surface area contributed by atoms with Gasteiger partial charge in [0.05, 0.1) is 12.5 Å². The van der Waals surface area contributed by atoms with Gasteiger partial charge in [-0.25, -0.2) is 0 Å². The number of benzene rings is 2. The molecule has 1 aromatic heterocycles. The molecule has 6 nitrogen and oxygen atoms in total. The van der Waals surface area contributed by atoms with Crippen molar-refractivity contribution < 1.29 is 14.1 Å². The molecule has 0 radical (unpaired) electrons. The van der Waals surface area contributed by atoms with Crippen LogP contribution < -0.4 is 4.74 Å². The molecule has 1 saturated heterocycles. The highest BCUT2D eigenvalue weighted by Crippen LogP contribution is 2.30. The van der Waals surface area contributed by atoms with Crippen LogP contribution >= 0.6 is 11.6 Å². The summed E-state index contributed by atoms with van der Waals surface area (Å²) in [5.41, 5.74) is 1.86. The summed E-state index contributed by atoms with van der Waals surface area (Å²) in [7, 11) is 0. The topological polar surface area (TPSA) is 68.5 Å². The molecule has 0 spiro atoms. The van der Waals surface area contributed by atoms with E-state index in [9.17, 15) is 4.79 Å². The Bertz CT molecular complexity index is 971. The second kappa shape index (κ2) is 8.02. The van der Waals surface area contributed by atoms with Crippen molar-refractivity contribution in [3.63, 3.8) is 0 Å². The molecule has 1 atom stereocenters. The highest BCUT2D eigenvalue weighted by Gasteiger charge is 2.34. The maximum absolute atomic E-state index is 12.5. The minimum atomic E-state index is -0.101. The van der Waals surface area contributed by atoms with Gasteiger partial charge >= 0.3 is 0 Å². The van der Waals surface area contributed by atoms with E-state index in [2.05, 4.69) is 10.1 Å². The maximum Gasteiger partial charge on any atom is 0.232 e. The van der Waals surface area contributed by atoms with Crippen LogP contribution in [0.25, 0.3) is 11.4 Å². The number of nitrogens with zero attached hydrogens (tertiary/aromatic N) is 3. The van der Waals surface area contributed by atoms with Gasteiger partial charge in [0, 0.05) is 30.1 Å². The van der Waals surface area contributed by atoms with Gasteiger partial charge in [-0.05, 0) is 48.9 Å². The molecule has 1 fully saturated rings. The lowest BCUT2D eigenvalue weighted by molar-refractivity contribution is -0.128. The van der Waals surface area contributed by atoms with Gasteiger partial charge in [0.15, 0.2) is 0 Å². The van der Waals surface area contributed by atoms with Gasteiger partial charge in [0.1, 0.15) is 5.75 Å². The van der Waals surface area contributed by atoms with Gasteiger partial charge in [-0.1, -0.05) is 28.9 Å². The van der Waals surface area contributed by atoms with Crippen molar-refractivity contribution >= 4 is 17.5 Å². The highest BCUT2D eigenvalue weighted by molar-refractivity contribution is 6.30. The minimum absolute atomic E-state index is 0.0815. The lowest BCUT2D eigenvalue weighted by atomic mass is 10.1. The molecule has 7 heteroatoms. The molecular weight excluding hydrogens is 378 g/mol. The Kier molecular flexibility index (Phi) is 5.30. The molecule has 1 aliphatic rings. The molecule has 3 aromatic rings. The van der Waals surface area contributed by atoms with Crippen LogP contribution in [0.4, 0.5) is 0 Å². The molecule has 0 aliphatic carbocycles. The van der Waals surface area contributed by atoms with Crippen LogP contribution in [-0.2, 0) is 11.3 Å². The van der Waals surface area contributed by atoms with Crippen LogP contribution in [0.15, 0.2) is 53.1 Å². The summed E-state index contributed by atoms with van der Waals surface area (Å²) in [5.74, 6) is 1.78. The molecule has 2 heterocycles. The van der Waals surface area contributed by atoms with E-state index >= 15 is 0 Å². The van der Waals surface area contributed by atoms with Crippen molar-refractivity contribution in [2.24, 2.45) is 0 Å². The van der Waals surface area contributed by atoms with Crippen LogP contribution in [-0.4, -0.2) is 34.1 Å². The lowest BCUT2D eigenvalue weighted by Crippen LogP contribution is -2.24. The zero-order chi connectivity index (χ0) is 19.5. The first-order valence-corrected chi connectivity index (χ1v) is 9.59. The Hall–Kier alpha value is -2.86. The molecule has 0 N–H and O–H groups in total. The number of carbonyl (C=O) groups is 1. The van der Waals surface area contributed by atoms with Crippen molar-refractivity contribution in [1.82, 2.24) is 15.0 Å². The Morgan fingerprint density at radius 2 is 2.07 bits per heavy atom. The fourth-order valence-corrected chi connectivity index (χ4v) is 3.45. The van der Waals surface area contributed by atoms with Crippen LogP contribution in [0.3, 0.4) is 0 Å². The normalized spacial score (nSPS) is 16.6.